The molecule has 2 aliphatic heterocycles. The van der Waals surface area contributed by atoms with Crippen LogP contribution < -0.4 is 5.32 Å². The number of hydrogen-bond acceptors (Lipinski definition) is 8. The molecule has 33 heavy (non-hydrogen) atoms. The second-order valence-electron chi connectivity index (χ2n) is 8.39. The van der Waals surface area contributed by atoms with Crippen molar-refractivity contribution in [2.24, 2.45) is 0 Å². The lowest BCUT2D eigenvalue weighted by molar-refractivity contribution is -0.134. The monoisotopic (exact) mass is 464 g/mol. The van der Waals surface area contributed by atoms with Crippen LogP contribution in [-0.4, -0.2) is 76.6 Å². The molecule has 0 aliphatic carbocycles. The molecular formula is C24H28N6O2S. The van der Waals surface area contributed by atoms with Gasteiger partial charge in [-0.3, -0.25) is 14.7 Å². The summed E-state index contributed by atoms with van der Waals surface area (Å²) in [4.78, 5) is 31.6. The molecule has 1 amide bonds. The highest BCUT2D eigenvalue weighted by Crippen LogP contribution is 2.31. The lowest BCUT2D eigenvalue weighted by Gasteiger charge is -2.34. The summed E-state index contributed by atoms with van der Waals surface area (Å²) in [7, 11) is 0. The number of nitrogens with zero attached hydrogens (tertiary/aromatic N) is 5. The van der Waals surface area contributed by atoms with Crippen molar-refractivity contribution < 1.29 is 9.53 Å². The van der Waals surface area contributed by atoms with Gasteiger partial charge in [0.05, 0.1) is 36.5 Å². The third-order valence-corrected chi connectivity index (χ3v) is 7.14. The van der Waals surface area contributed by atoms with Crippen molar-refractivity contribution in [3.05, 3.63) is 54.6 Å². The highest BCUT2D eigenvalue weighted by atomic mass is 32.1. The number of likely N-dealkylation sites (tertiary alicyclic amines) is 1. The van der Waals surface area contributed by atoms with E-state index in [0.29, 0.717) is 31.5 Å². The summed E-state index contributed by atoms with van der Waals surface area (Å²) in [5, 5.41) is 4.09. The first-order valence-corrected chi connectivity index (χ1v) is 12.2. The van der Waals surface area contributed by atoms with Gasteiger partial charge in [0.25, 0.3) is 0 Å². The lowest BCUT2D eigenvalue weighted by Crippen LogP contribution is -2.46. The molecule has 4 heterocycles. The van der Waals surface area contributed by atoms with Gasteiger partial charge in [0.2, 0.25) is 5.91 Å². The quantitative estimate of drug-likeness (QED) is 0.599. The number of aromatic nitrogens is 3. The van der Waals surface area contributed by atoms with E-state index in [2.05, 4.69) is 32.3 Å². The summed E-state index contributed by atoms with van der Waals surface area (Å²) >= 11 is 1.59. The molecule has 5 rings (SSSR count). The number of ether oxygens (including phenoxy) is 1. The molecule has 0 bridgehead atoms. The van der Waals surface area contributed by atoms with Gasteiger partial charge in [-0.05, 0) is 18.4 Å². The third-order valence-electron chi connectivity index (χ3n) is 6.18. The van der Waals surface area contributed by atoms with Crippen molar-refractivity contribution in [1.29, 1.82) is 0 Å². The van der Waals surface area contributed by atoms with Gasteiger partial charge in [-0.2, -0.15) is 0 Å². The van der Waals surface area contributed by atoms with Gasteiger partial charge in [0.15, 0.2) is 10.9 Å². The molecule has 2 aromatic heterocycles. The number of carbonyl (C=O) groups excluding carboxylic acids is 1. The average molecular weight is 465 g/mol. The van der Waals surface area contributed by atoms with Crippen LogP contribution in [-0.2, 0) is 9.53 Å². The molecule has 8 nitrogen and oxygen atoms in total. The predicted molar refractivity (Wildman–Crippen MR) is 129 cm³/mol. The Morgan fingerprint density at radius 2 is 1.85 bits per heavy atom. The Balaban J connectivity index is 1.16. The van der Waals surface area contributed by atoms with Crippen molar-refractivity contribution in [1.82, 2.24) is 24.8 Å². The summed E-state index contributed by atoms with van der Waals surface area (Å²) in [6.07, 6.45) is 7.26. The van der Waals surface area contributed by atoms with Crippen molar-refractivity contribution in [3.8, 4) is 10.4 Å². The number of morpholine rings is 1. The Labute approximate surface area is 197 Å². The highest BCUT2D eigenvalue weighted by molar-refractivity contribution is 7.18. The number of amides is 1. The van der Waals surface area contributed by atoms with E-state index in [1.54, 1.807) is 17.5 Å². The number of piperidine rings is 1. The Hall–Kier alpha value is -2.88. The molecule has 9 heteroatoms. The molecule has 0 spiro atoms. The van der Waals surface area contributed by atoms with E-state index >= 15 is 0 Å². The van der Waals surface area contributed by atoms with Crippen LogP contribution in [0.3, 0.4) is 0 Å². The summed E-state index contributed by atoms with van der Waals surface area (Å²) in [6.45, 7) is 5.12. The predicted octanol–water partition coefficient (Wildman–Crippen LogP) is 3.38. The van der Waals surface area contributed by atoms with Gasteiger partial charge in [0.1, 0.15) is 0 Å². The molecule has 0 saturated carbocycles. The first-order chi connectivity index (χ1) is 16.2. The number of anilines is 2. The van der Waals surface area contributed by atoms with Crippen LogP contribution in [0.2, 0.25) is 0 Å². The Morgan fingerprint density at radius 1 is 1.06 bits per heavy atom. The van der Waals surface area contributed by atoms with Gasteiger partial charge < -0.3 is 15.0 Å². The lowest BCUT2D eigenvalue weighted by atomic mass is 9.93. The number of thiazole rings is 1. The highest BCUT2D eigenvalue weighted by Gasteiger charge is 2.26. The van der Waals surface area contributed by atoms with Crippen LogP contribution in [0.1, 0.15) is 24.5 Å². The maximum Gasteiger partial charge on any atom is 0.236 e. The van der Waals surface area contributed by atoms with Gasteiger partial charge in [0, 0.05) is 44.5 Å². The van der Waals surface area contributed by atoms with Gasteiger partial charge in [-0.25, -0.2) is 9.97 Å². The zero-order valence-corrected chi connectivity index (χ0v) is 19.3. The molecule has 0 radical (unpaired) electrons. The summed E-state index contributed by atoms with van der Waals surface area (Å²) in [5.74, 6) is 1.23. The van der Waals surface area contributed by atoms with Crippen LogP contribution in [0.5, 0.6) is 0 Å². The Kier molecular flexibility index (Phi) is 6.89. The molecule has 2 saturated heterocycles. The van der Waals surface area contributed by atoms with Gasteiger partial charge in [-0.15, -0.1) is 0 Å². The van der Waals surface area contributed by atoms with Crippen molar-refractivity contribution in [2.45, 2.75) is 18.8 Å². The van der Waals surface area contributed by atoms with E-state index < -0.39 is 0 Å². The second-order valence-corrected chi connectivity index (χ2v) is 9.42. The van der Waals surface area contributed by atoms with Crippen molar-refractivity contribution in [2.75, 3.05) is 51.3 Å². The van der Waals surface area contributed by atoms with E-state index in [4.69, 9.17) is 9.72 Å². The fourth-order valence-corrected chi connectivity index (χ4v) is 5.12. The standard InChI is InChI=1S/C24H28N6O2S/c31-23(17-29-10-12-32-13-11-29)30-8-6-18(7-9-30)20-14-25-16-22(27-20)28-24-26-15-21(33-24)19-4-2-1-3-5-19/h1-5,14-16,18H,6-13,17H2,(H,26,27,28). The zero-order chi connectivity index (χ0) is 22.5. The summed E-state index contributed by atoms with van der Waals surface area (Å²) in [5.41, 5.74) is 2.12. The maximum atomic E-state index is 12.7. The average Bonchev–Trinajstić information content (AvgIpc) is 3.34. The molecule has 2 fully saturated rings. The first-order valence-electron chi connectivity index (χ1n) is 11.4. The molecule has 1 aromatic carbocycles. The topological polar surface area (TPSA) is 83.5 Å². The molecule has 3 aromatic rings. The second kappa shape index (κ2) is 10.4. The minimum atomic E-state index is 0.217. The molecule has 0 atom stereocenters. The number of rotatable bonds is 6. The van der Waals surface area contributed by atoms with E-state index in [-0.39, 0.29) is 5.91 Å². The van der Waals surface area contributed by atoms with Crippen molar-refractivity contribution in [3.63, 3.8) is 0 Å². The fourth-order valence-electron chi connectivity index (χ4n) is 4.29. The van der Waals surface area contributed by atoms with E-state index in [1.807, 2.05) is 35.5 Å². The summed E-state index contributed by atoms with van der Waals surface area (Å²) in [6, 6.07) is 10.2. The van der Waals surface area contributed by atoms with E-state index in [9.17, 15) is 4.79 Å². The smallest absolute Gasteiger partial charge is 0.236 e. The van der Waals surface area contributed by atoms with E-state index in [0.717, 1.165) is 60.3 Å². The third kappa shape index (κ3) is 5.55. The van der Waals surface area contributed by atoms with Crippen LogP contribution in [0.15, 0.2) is 48.9 Å². The largest absolute Gasteiger partial charge is 0.379 e. The Morgan fingerprint density at radius 3 is 2.64 bits per heavy atom. The van der Waals surface area contributed by atoms with Gasteiger partial charge >= 0.3 is 0 Å². The molecule has 2 aliphatic rings. The molecular weight excluding hydrogens is 436 g/mol. The number of hydrogen-bond donors (Lipinski definition) is 1. The minimum absolute atomic E-state index is 0.217. The fraction of sp³-hybridized carbons (Fsp3) is 0.417. The first kappa shape index (κ1) is 21.9. The molecule has 172 valence electrons. The van der Waals surface area contributed by atoms with Gasteiger partial charge in [-0.1, -0.05) is 41.7 Å². The summed E-state index contributed by atoms with van der Waals surface area (Å²) < 4.78 is 5.37. The van der Waals surface area contributed by atoms with E-state index in [1.165, 1.54) is 0 Å². The number of nitrogens with one attached hydrogen (secondary N) is 1. The zero-order valence-electron chi connectivity index (χ0n) is 18.5. The van der Waals surface area contributed by atoms with Crippen LogP contribution in [0, 0.1) is 0 Å². The minimum Gasteiger partial charge on any atom is -0.379 e. The SMILES string of the molecule is O=C(CN1CCOCC1)N1CCC(c2cncc(Nc3ncc(-c4ccccc4)s3)n2)CC1. The maximum absolute atomic E-state index is 12.7. The molecule has 1 N–H and O–H groups in total. The van der Waals surface area contributed by atoms with Crippen LogP contribution in [0.4, 0.5) is 10.9 Å². The number of benzene rings is 1. The molecule has 0 unspecified atom stereocenters. The normalized spacial score (nSPS) is 17.8. The van der Waals surface area contributed by atoms with Crippen LogP contribution in [0.25, 0.3) is 10.4 Å². The Bertz CT molecular complexity index is 1060. The number of carbonyl (C=O) groups is 1. The van der Waals surface area contributed by atoms with Crippen molar-refractivity contribution >= 4 is 28.2 Å². The van der Waals surface area contributed by atoms with Crippen LogP contribution >= 0.6 is 11.3 Å².